The van der Waals surface area contributed by atoms with Crippen LogP contribution in [0.5, 0.6) is 0 Å². The molecule has 2 aromatic rings. The molecule has 0 atom stereocenters. The summed E-state index contributed by atoms with van der Waals surface area (Å²) in [5, 5.41) is 25.4. The van der Waals surface area contributed by atoms with Gasteiger partial charge in [0.25, 0.3) is 11.4 Å². The number of hydrogen-bond donors (Lipinski definition) is 1. The summed E-state index contributed by atoms with van der Waals surface area (Å²) in [7, 11) is -4.01. The number of nitro benzene ring substituents is 2. The van der Waals surface area contributed by atoms with E-state index in [0.717, 1.165) is 5.69 Å². The molecule has 0 bridgehead atoms. The lowest BCUT2D eigenvalue weighted by atomic mass is 10.2. The van der Waals surface area contributed by atoms with Crippen LogP contribution in [0, 0.1) is 20.2 Å². The Hall–Kier alpha value is -3.25. The van der Waals surface area contributed by atoms with Gasteiger partial charge in [-0.05, 0) is 25.1 Å². The van der Waals surface area contributed by atoms with Crippen LogP contribution in [0.2, 0.25) is 0 Å². The highest BCUT2D eigenvalue weighted by molar-refractivity contribution is 7.89. The second-order valence-corrected chi connectivity index (χ2v) is 8.51. The van der Waals surface area contributed by atoms with Crippen LogP contribution in [0.1, 0.15) is 6.92 Å². The molecule has 160 valence electrons. The Labute approximate surface area is 173 Å². The smallest absolute Gasteiger partial charge is 0.292 e. The molecule has 0 aliphatic carbocycles. The minimum absolute atomic E-state index is 0.0294. The minimum atomic E-state index is -4.01. The summed E-state index contributed by atoms with van der Waals surface area (Å²) >= 11 is 0. The van der Waals surface area contributed by atoms with Gasteiger partial charge >= 0.3 is 0 Å². The number of nitrogens with one attached hydrogen (secondary N) is 1. The Kier molecular flexibility index (Phi) is 6.17. The molecule has 11 nitrogen and oxygen atoms in total. The van der Waals surface area contributed by atoms with Crippen molar-refractivity contribution in [2.75, 3.05) is 42.9 Å². The van der Waals surface area contributed by atoms with E-state index in [1.165, 1.54) is 34.6 Å². The summed E-state index contributed by atoms with van der Waals surface area (Å²) in [5.74, 6) is 0. The normalized spacial score (nSPS) is 15.0. The molecule has 3 rings (SSSR count). The Balaban J connectivity index is 1.79. The molecule has 0 unspecified atom stereocenters. The number of benzene rings is 2. The van der Waals surface area contributed by atoms with Gasteiger partial charge in [-0.2, -0.15) is 4.31 Å². The molecular weight excluding hydrogens is 414 g/mol. The zero-order valence-corrected chi connectivity index (χ0v) is 17.0. The Morgan fingerprint density at radius 3 is 2.20 bits per heavy atom. The highest BCUT2D eigenvalue weighted by atomic mass is 32.2. The third-order valence-electron chi connectivity index (χ3n) is 4.83. The molecule has 0 saturated carbocycles. The van der Waals surface area contributed by atoms with E-state index in [0.29, 0.717) is 25.3 Å². The maximum absolute atomic E-state index is 12.9. The summed E-state index contributed by atoms with van der Waals surface area (Å²) in [6.07, 6.45) is 0. The third kappa shape index (κ3) is 4.19. The maximum Gasteiger partial charge on any atom is 0.292 e. The number of piperazine rings is 1. The third-order valence-corrected chi connectivity index (χ3v) is 6.77. The summed E-state index contributed by atoms with van der Waals surface area (Å²) in [5.41, 5.74) is 0.651. The van der Waals surface area contributed by atoms with Gasteiger partial charge in [-0.1, -0.05) is 12.1 Å². The topological polar surface area (TPSA) is 139 Å². The molecule has 1 aliphatic rings. The molecule has 1 heterocycles. The Morgan fingerprint density at radius 1 is 0.967 bits per heavy atom. The van der Waals surface area contributed by atoms with Crippen molar-refractivity contribution in [2.45, 2.75) is 11.8 Å². The number of sulfonamides is 1. The van der Waals surface area contributed by atoms with E-state index < -0.39 is 25.6 Å². The van der Waals surface area contributed by atoms with Crippen molar-refractivity contribution in [1.29, 1.82) is 0 Å². The number of nitrogens with zero attached hydrogens (tertiary/aromatic N) is 4. The number of para-hydroxylation sites is 1. The van der Waals surface area contributed by atoms with Crippen molar-refractivity contribution in [3.8, 4) is 0 Å². The van der Waals surface area contributed by atoms with Crippen LogP contribution < -0.4 is 10.2 Å². The SMILES string of the molecule is CCNc1cc(N2CCN(S(=O)(=O)c3ccccc3[N+](=O)[O-])CC2)ccc1[N+](=O)[O-]. The van der Waals surface area contributed by atoms with Crippen molar-refractivity contribution >= 4 is 32.8 Å². The fourth-order valence-corrected chi connectivity index (χ4v) is 4.94. The zero-order valence-electron chi connectivity index (χ0n) is 16.2. The van der Waals surface area contributed by atoms with Crippen molar-refractivity contribution < 1.29 is 18.3 Å². The van der Waals surface area contributed by atoms with E-state index in [2.05, 4.69) is 5.32 Å². The fraction of sp³-hybridized carbons (Fsp3) is 0.333. The van der Waals surface area contributed by atoms with Gasteiger partial charge in [0.1, 0.15) is 5.69 Å². The lowest BCUT2D eigenvalue weighted by Gasteiger charge is -2.35. The number of hydrogen-bond acceptors (Lipinski definition) is 8. The molecular formula is C18H21N5O6S. The molecule has 12 heteroatoms. The average molecular weight is 435 g/mol. The van der Waals surface area contributed by atoms with Gasteiger partial charge in [-0.15, -0.1) is 0 Å². The standard InChI is InChI=1S/C18H21N5O6S/c1-2-19-15-13-14(7-8-16(15)22(24)25)20-9-11-21(12-10-20)30(28,29)18-6-4-3-5-17(18)23(26)27/h3-8,13,19H,2,9-12H2,1H3. The van der Waals surface area contributed by atoms with Gasteiger partial charge in [0.2, 0.25) is 10.0 Å². The number of rotatable bonds is 7. The van der Waals surface area contributed by atoms with Gasteiger partial charge in [-0.3, -0.25) is 20.2 Å². The van der Waals surface area contributed by atoms with E-state index in [1.54, 1.807) is 12.1 Å². The van der Waals surface area contributed by atoms with Crippen molar-refractivity contribution in [1.82, 2.24) is 4.31 Å². The largest absolute Gasteiger partial charge is 0.380 e. The Morgan fingerprint density at radius 2 is 1.60 bits per heavy atom. The second kappa shape index (κ2) is 8.63. The molecule has 1 aliphatic heterocycles. The summed E-state index contributed by atoms with van der Waals surface area (Å²) in [6, 6.07) is 10.0. The second-order valence-electron chi connectivity index (χ2n) is 6.60. The summed E-state index contributed by atoms with van der Waals surface area (Å²) in [4.78, 5) is 22.8. The molecule has 1 saturated heterocycles. The number of nitro groups is 2. The maximum atomic E-state index is 12.9. The summed E-state index contributed by atoms with van der Waals surface area (Å²) in [6.45, 7) is 3.34. The van der Waals surface area contributed by atoms with E-state index in [4.69, 9.17) is 0 Å². The first-order chi connectivity index (χ1) is 14.3. The lowest BCUT2D eigenvalue weighted by Crippen LogP contribution is -2.48. The zero-order chi connectivity index (χ0) is 21.9. The first kappa shape index (κ1) is 21.5. The highest BCUT2D eigenvalue weighted by Crippen LogP contribution is 2.31. The molecule has 0 radical (unpaired) electrons. The average Bonchev–Trinajstić information content (AvgIpc) is 2.74. The first-order valence-electron chi connectivity index (χ1n) is 9.26. The van der Waals surface area contributed by atoms with E-state index in [-0.39, 0.29) is 23.7 Å². The van der Waals surface area contributed by atoms with Crippen LogP contribution in [0.3, 0.4) is 0 Å². The van der Waals surface area contributed by atoms with Crippen molar-refractivity contribution in [3.63, 3.8) is 0 Å². The van der Waals surface area contributed by atoms with Crippen LogP contribution in [0.4, 0.5) is 22.7 Å². The van der Waals surface area contributed by atoms with Gasteiger partial charge in [-0.25, -0.2) is 8.42 Å². The van der Waals surface area contributed by atoms with E-state index in [1.807, 2.05) is 11.8 Å². The minimum Gasteiger partial charge on any atom is -0.380 e. The van der Waals surface area contributed by atoms with Crippen LogP contribution in [0.15, 0.2) is 47.4 Å². The van der Waals surface area contributed by atoms with E-state index in [9.17, 15) is 28.6 Å². The van der Waals surface area contributed by atoms with Crippen molar-refractivity contribution in [3.05, 3.63) is 62.7 Å². The van der Waals surface area contributed by atoms with Crippen LogP contribution in [-0.2, 0) is 10.0 Å². The fourth-order valence-electron chi connectivity index (χ4n) is 3.36. The molecule has 0 amide bonds. The molecule has 1 N–H and O–H groups in total. The van der Waals surface area contributed by atoms with E-state index >= 15 is 0 Å². The monoisotopic (exact) mass is 435 g/mol. The Bertz CT molecular complexity index is 1070. The van der Waals surface area contributed by atoms with Crippen LogP contribution in [-0.4, -0.2) is 55.3 Å². The van der Waals surface area contributed by atoms with Crippen molar-refractivity contribution in [2.24, 2.45) is 0 Å². The summed E-state index contributed by atoms with van der Waals surface area (Å²) < 4.78 is 27.1. The van der Waals surface area contributed by atoms with Gasteiger partial charge in [0.15, 0.2) is 4.90 Å². The molecule has 1 fully saturated rings. The number of anilines is 2. The molecule has 30 heavy (non-hydrogen) atoms. The van der Waals surface area contributed by atoms with Crippen LogP contribution in [0.25, 0.3) is 0 Å². The highest BCUT2D eigenvalue weighted by Gasteiger charge is 2.33. The first-order valence-corrected chi connectivity index (χ1v) is 10.7. The quantitative estimate of drug-likeness (QED) is 0.517. The molecule has 2 aromatic carbocycles. The van der Waals surface area contributed by atoms with Gasteiger partial charge in [0.05, 0.1) is 9.85 Å². The predicted molar refractivity (Wildman–Crippen MR) is 111 cm³/mol. The van der Waals surface area contributed by atoms with Gasteiger partial charge < -0.3 is 10.2 Å². The molecule has 0 aromatic heterocycles. The molecule has 0 spiro atoms. The van der Waals surface area contributed by atoms with Gasteiger partial charge in [0, 0.05) is 50.5 Å². The lowest BCUT2D eigenvalue weighted by molar-refractivity contribution is -0.387. The predicted octanol–water partition coefficient (Wildman–Crippen LogP) is 2.45. The van der Waals surface area contributed by atoms with Crippen LogP contribution >= 0.6 is 0 Å².